The van der Waals surface area contributed by atoms with Crippen molar-refractivity contribution in [1.29, 1.82) is 0 Å². The third-order valence-electron chi connectivity index (χ3n) is 9.63. The Morgan fingerprint density at radius 3 is 0.968 bits per heavy atom. The number of aliphatic hydroxyl groups excluding tert-OH is 1. The molecule has 0 aliphatic rings. The lowest BCUT2D eigenvalue weighted by Gasteiger charge is -2.15. The Bertz CT molecular complexity index is 1380. The van der Waals surface area contributed by atoms with E-state index in [0.717, 1.165) is 154 Å². The second-order valence-corrected chi connectivity index (χ2v) is 15.4. The first-order chi connectivity index (χ1) is 30.6. The molecule has 0 aliphatic heterocycles. The van der Waals surface area contributed by atoms with Crippen molar-refractivity contribution in [3.05, 3.63) is 146 Å². The molecule has 0 saturated heterocycles. The third kappa shape index (κ3) is 48.4. The van der Waals surface area contributed by atoms with E-state index in [4.69, 9.17) is 9.47 Å². The maximum atomic E-state index is 12.2. The van der Waals surface area contributed by atoms with Crippen LogP contribution in [0.3, 0.4) is 0 Å². The molecule has 1 N–H and O–H groups in total. The minimum absolute atomic E-state index is 0.0931. The fourth-order valence-corrected chi connectivity index (χ4v) is 6.03. The van der Waals surface area contributed by atoms with Gasteiger partial charge in [-0.2, -0.15) is 0 Å². The first-order valence-corrected chi connectivity index (χ1v) is 24.4. The van der Waals surface area contributed by atoms with E-state index in [2.05, 4.69) is 160 Å². The Kier molecular flexibility index (Phi) is 47.7. The van der Waals surface area contributed by atoms with Crippen molar-refractivity contribution in [2.45, 2.75) is 187 Å². The molecule has 0 heterocycles. The van der Waals surface area contributed by atoms with Crippen LogP contribution in [0.5, 0.6) is 0 Å². The van der Waals surface area contributed by atoms with E-state index >= 15 is 0 Å². The highest BCUT2D eigenvalue weighted by atomic mass is 16.6. The molecule has 0 saturated carbocycles. The molecule has 62 heavy (non-hydrogen) atoms. The lowest BCUT2D eigenvalue weighted by molar-refractivity contribution is -0.161. The van der Waals surface area contributed by atoms with Crippen molar-refractivity contribution in [2.24, 2.45) is 0 Å². The Morgan fingerprint density at radius 1 is 0.371 bits per heavy atom. The molecule has 0 amide bonds. The van der Waals surface area contributed by atoms with E-state index in [1.54, 1.807) is 0 Å². The number of carbonyl (C=O) groups excluding carboxylic acids is 2. The van der Waals surface area contributed by atoms with Crippen LogP contribution in [0, 0.1) is 0 Å². The van der Waals surface area contributed by atoms with Crippen molar-refractivity contribution in [3.8, 4) is 0 Å². The van der Waals surface area contributed by atoms with Crippen LogP contribution in [0.1, 0.15) is 181 Å². The normalized spacial score (nSPS) is 13.5. The Morgan fingerprint density at radius 2 is 0.645 bits per heavy atom. The average Bonchev–Trinajstić information content (AvgIpc) is 3.28. The summed E-state index contributed by atoms with van der Waals surface area (Å²) in [6.07, 6.45) is 77.9. The topological polar surface area (TPSA) is 72.8 Å². The highest BCUT2D eigenvalue weighted by Crippen LogP contribution is 2.11. The summed E-state index contributed by atoms with van der Waals surface area (Å²) in [5, 5.41) is 9.60. The number of esters is 2. The van der Waals surface area contributed by atoms with Gasteiger partial charge in [-0.25, -0.2) is 0 Å². The molecule has 0 aromatic heterocycles. The molecule has 1 atom stereocenters. The summed E-state index contributed by atoms with van der Waals surface area (Å²) in [4.78, 5) is 24.4. The predicted molar refractivity (Wildman–Crippen MR) is 269 cm³/mol. The summed E-state index contributed by atoms with van der Waals surface area (Å²) >= 11 is 0. The number of rotatable bonds is 42. The highest BCUT2D eigenvalue weighted by molar-refractivity contribution is 5.70. The first-order valence-electron chi connectivity index (χ1n) is 24.4. The predicted octanol–water partition coefficient (Wildman–Crippen LogP) is 16.3. The smallest absolute Gasteiger partial charge is 0.306 e. The van der Waals surface area contributed by atoms with Gasteiger partial charge >= 0.3 is 11.9 Å². The van der Waals surface area contributed by atoms with Crippen molar-refractivity contribution in [1.82, 2.24) is 0 Å². The van der Waals surface area contributed by atoms with Crippen LogP contribution in [0.2, 0.25) is 0 Å². The van der Waals surface area contributed by atoms with E-state index in [1.165, 1.54) is 0 Å². The maximum Gasteiger partial charge on any atom is 0.306 e. The Balaban J connectivity index is 3.68. The largest absolute Gasteiger partial charge is 0.462 e. The zero-order valence-electron chi connectivity index (χ0n) is 39.3. The first kappa shape index (κ1) is 57.8. The van der Waals surface area contributed by atoms with Gasteiger partial charge in [0.15, 0.2) is 6.10 Å². The molecular formula is C57H88O5. The maximum absolute atomic E-state index is 12.2. The third-order valence-corrected chi connectivity index (χ3v) is 9.63. The van der Waals surface area contributed by atoms with Crippen LogP contribution >= 0.6 is 0 Å². The molecule has 5 heteroatoms. The van der Waals surface area contributed by atoms with Crippen molar-refractivity contribution < 1.29 is 24.2 Å². The van der Waals surface area contributed by atoms with Crippen LogP contribution < -0.4 is 0 Å². The van der Waals surface area contributed by atoms with E-state index in [1.807, 2.05) is 0 Å². The number of hydrogen-bond donors (Lipinski definition) is 1. The van der Waals surface area contributed by atoms with Gasteiger partial charge in [-0.15, -0.1) is 0 Å². The number of unbranched alkanes of at least 4 members (excludes halogenated alkanes) is 10. The summed E-state index contributed by atoms with van der Waals surface area (Å²) in [5.74, 6) is -0.647. The van der Waals surface area contributed by atoms with Gasteiger partial charge in [0.25, 0.3) is 0 Å². The fourth-order valence-electron chi connectivity index (χ4n) is 6.03. The number of ether oxygens (including phenoxy) is 2. The average molecular weight is 853 g/mol. The van der Waals surface area contributed by atoms with Crippen LogP contribution in [0.15, 0.2) is 146 Å². The SMILES string of the molecule is CC/C=C\C/C=C\C/C=C\C/C=C\C/C=C\C/C=C\C/C=C\C/C=C\C/C=C\CCCCCCCC(=O)OC(CO)COC(=O)CCCCCCC/C=C\C/C=C\C/C=C\CC. The van der Waals surface area contributed by atoms with E-state index in [0.29, 0.717) is 12.8 Å². The van der Waals surface area contributed by atoms with Gasteiger partial charge < -0.3 is 14.6 Å². The van der Waals surface area contributed by atoms with Gasteiger partial charge in [-0.3, -0.25) is 9.59 Å². The van der Waals surface area contributed by atoms with Crippen LogP contribution in [0.25, 0.3) is 0 Å². The second-order valence-electron chi connectivity index (χ2n) is 15.4. The van der Waals surface area contributed by atoms with E-state index < -0.39 is 6.10 Å². The van der Waals surface area contributed by atoms with Crippen molar-refractivity contribution in [3.63, 3.8) is 0 Å². The monoisotopic (exact) mass is 853 g/mol. The molecule has 0 spiro atoms. The fraction of sp³-hybridized carbons (Fsp3) is 0.544. The highest BCUT2D eigenvalue weighted by Gasteiger charge is 2.16. The second kappa shape index (κ2) is 51.1. The number of aliphatic hydroxyl groups is 1. The number of allylic oxidation sites excluding steroid dienone is 24. The van der Waals surface area contributed by atoms with Crippen molar-refractivity contribution in [2.75, 3.05) is 13.2 Å². The molecule has 0 aromatic carbocycles. The summed E-state index contributed by atoms with van der Waals surface area (Å²) in [6, 6.07) is 0. The quantitative estimate of drug-likeness (QED) is 0.0376. The molecule has 1 unspecified atom stereocenters. The molecule has 5 nitrogen and oxygen atoms in total. The minimum Gasteiger partial charge on any atom is -0.462 e. The summed E-state index contributed by atoms with van der Waals surface area (Å²) in [5.41, 5.74) is 0. The molecule has 346 valence electrons. The summed E-state index contributed by atoms with van der Waals surface area (Å²) in [7, 11) is 0. The van der Waals surface area contributed by atoms with Gasteiger partial charge in [-0.1, -0.05) is 198 Å². The zero-order chi connectivity index (χ0) is 44.9. The van der Waals surface area contributed by atoms with Gasteiger partial charge in [0, 0.05) is 12.8 Å². The standard InChI is InChI=1S/C57H88O5/c1-3-5-7-9-11-13-15-17-19-20-21-22-23-24-25-26-27-28-29-30-31-32-33-34-35-36-38-40-42-44-46-48-50-52-57(60)62-55(53-58)54-61-56(59)51-49-47-45-43-41-39-37-18-16-14-12-10-8-6-4-2/h5-8,11-14,17-19,21-22,24-25,27-28,30-31,33-34,36-38,55,58H,3-4,9-10,15-16,20,23,26,29,32,35,39-54H2,1-2H3/b7-5-,8-6-,13-11-,14-12-,19-17-,22-21-,25-24-,28-27-,31-30-,34-33-,37-18-,38-36-. The lowest BCUT2D eigenvalue weighted by Crippen LogP contribution is -2.28. The van der Waals surface area contributed by atoms with Gasteiger partial charge in [0.05, 0.1) is 6.61 Å². The zero-order valence-corrected chi connectivity index (χ0v) is 39.3. The van der Waals surface area contributed by atoms with E-state index in [9.17, 15) is 14.7 Å². The number of carbonyl (C=O) groups is 2. The van der Waals surface area contributed by atoms with Gasteiger partial charge in [0.2, 0.25) is 0 Å². The van der Waals surface area contributed by atoms with Crippen LogP contribution in [-0.2, 0) is 19.1 Å². The lowest BCUT2D eigenvalue weighted by atomic mass is 10.1. The van der Waals surface area contributed by atoms with Gasteiger partial charge in [-0.05, 0) is 116 Å². The summed E-state index contributed by atoms with van der Waals surface area (Å²) < 4.78 is 10.6. The summed E-state index contributed by atoms with van der Waals surface area (Å²) in [6.45, 7) is 3.86. The van der Waals surface area contributed by atoms with Crippen molar-refractivity contribution >= 4 is 11.9 Å². The molecule has 0 fully saturated rings. The molecule has 0 radical (unpaired) electrons. The minimum atomic E-state index is -0.801. The van der Waals surface area contributed by atoms with Crippen LogP contribution in [0.4, 0.5) is 0 Å². The van der Waals surface area contributed by atoms with Gasteiger partial charge in [0.1, 0.15) is 6.61 Å². The molecule has 0 aromatic rings. The Hall–Kier alpha value is -4.22. The number of hydrogen-bond acceptors (Lipinski definition) is 5. The van der Waals surface area contributed by atoms with Crippen LogP contribution in [-0.4, -0.2) is 36.4 Å². The Labute approximate surface area is 380 Å². The van der Waals surface area contributed by atoms with E-state index in [-0.39, 0.29) is 25.2 Å². The molecule has 0 rings (SSSR count). The molecule has 0 bridgehead atoms. The molecule has 0 aliphatic carbocycles. The molecular weight excluding hydrogens is 765 g/mol.